The Morgan fingerprint density at radius 3 is 3.00 bits per heavy atom. The van der Waals surface area contributed by atoms with E-state index in [-0.39, 0.29) is 31.0 Å². The summed E-state index contributed by atoms with van der Waals surface area (Å²) in [5.41, 5.74) is 0. The SMILES string of the molecule is O=S([O-])Nc1nccs1.[H-].[Na+]. The summed E-state index contributed by atoms with van der Waals surface area (Å²) >= 11 is -1.01. The van der Waals surface area contributed by atoms with Gasteiger partial charge < -0.3 is 5.98 Å². The van der Waals surface area contributed by atoms with Crippen molar-refractivity contribution < 1.29 is 39.7 Å². The maximum absolute atomic E-state index is 9.92. The molecule has 1 aromatic rings. The van der Waals surface area contributed by atoms with Gasteiger partial charge in [-0.3, -0.25) is 8.93 Å². The Balaban J connectivity index is 0. The molecule has 52 valence electrons. The minimum absolute atomic E-state index is 0. The van der Waals surface area contributed by atoms with Gasteiger partial charge in [0.2, 0.25) is 0 Å². The van der Waals surface area contributed by atoms with Crippen molar-refractivity contribution in [2.75, 3.05) is 4.72 Å². The van der Waals surface area contributed by atoms with Crippen LogP contribution in [0.1, 0.15) is 1.43 Å². The average Bonchev–Trinajstić information content (AvgIpc) is 2.15. The van der Waals surface area contributed by atoms with E-state index in [4.69, 9.17) is 0 Å². The summed E-state index contributed by atoms with van der Waals surface area (Å²) in [6.07, 6.45) is 1.53. The molecular formula is C3H4N2NaO2S2-. The van der Waals surface area contributed by atoms with Crippen LogP contribution in [0.4, 0.5) is 5.13 Å². The molecule has 0 amide bonds. The Kier molecular flexibility index (Phi) is 5.51. The van der Waals surface area contributed by atoms with Gasteiger partial charge in [0.1, 0.15) is 0 Å². The molecular weight excluding hydrogens is 183 g/mol. The fourth-order valence-corrected chi connectivity index (χ4v) is 1.31. The monoisotopic (exact) mass is 187 g/mol. The summed E-state index contributed by atoms with van der Waals surface area (Å²) in [6.45, 7) is 0. The van der Waals surface area contributed by atoms with E-state index in [9.17, 15) is 8.76 Å². The second-order valence-corrected chi connectivity index (χ2v) is 2.74. The van der Waals surface area contributed by atoms with Crippen LogP contribution in [0, 0.1) is 0 Å². The van der Waals surface area contributed by atoms with Crippen molar-refractivity contribution in [3.05, 3.63) is 11.6 Å². The summed E-state index contributed by atoms with van der Waals surface area (Å²) in [6, 6.07) is 0. The van der Waals surface area contributed by atoms with E-state index in [1.54, 1.807) is 5.38 Å². The molecule has 1 rings (SSSR count). The Hall–Kier alpha value is 0.540. The molecule has 0 saturated carbocycles. The zero-order chi connectivity index (χ0) is 6.69. The van der Waals surface area contributed by atoms with Crippen molar-refractivity contribution in [1.29, 1.82) is 0 Å². The van der Waals surface area contributed by atoms with Gasteiger partial charge in [-0.15, -0.1) is 11.3 Å². The third kappa shape index (κ3) is 3.65. The fourth-order valence-electron chi connectivity index (χ4n) is 0.345. The van der Waals surface area contributed by atoms with Crippen LogP contribution in [0.2, 0.25) is 0 Å². The molecule has 0 saturated heterocycles. The molecule has 0 aliphatic carbocycles. The second-order valence-electron chi connectivity index (χ2n) is 1.17. The van der Waals surface area contributed by atoms with Crippen LogP contribution in [-0.4, -0.2) is 13.7 Å². The van der Waals surface area contributed by atoms with Gasteiger partial charge in [0, 0.05) is 22.8 Å². The van der Waals surface area contributed by atoms with Gasteiger partial charge in [-0.05, 0) is 0 Å². The third-order valence-electron chi connectivity index (χ3n) is 0.603. The Labute approximate surface area is 88.3 Å². The van der Waals surface area contributed by atoms with Gasteiger partial charge in [-0.2, -0.15) is 0 Å². The fraction of sp³-hybridized carbons (Fsp3) is 0. The van der Waals surface area contributed by atoms with E-state index in [1.165, 1.54) is 17.5 Å². The molecule has 0 aliphatic rings. The third-order valence-corrected chi connectivity index (χ3v) is 1.78. The molecule has 1 atom stereocenters. The van der Waals surface area contributed by atoms with Crippen molar-refractivity contribution in [2.24, 2.45) is 0 Å². The average molecular weight is 187 g/mol. The molecule has 0 radical (unpaired) electrons. The van der Waals surface area contributed by atoms with Crippen LogP contribution in [0.5, 0.6) is 0 Å². The smallest absolute Gasteiger partial charge is 1.00 e. The first-order valence-corrected chi connectivity index (χ1v) is 4.00. The molecule has 0 bridgehead atoms. The molecule has 0 aliphatic heterocycles. The topological polar surface area (TPSA) is 65.0 Å². The van der Waals surface area contributed by atoms with Crippen LogP contribution in [0.3, 0.4) is 0 Å². The normalized spacial score (nSPS) is 11.7. The van der Waals surface area contributed by atoms with Gasteiger partial charge in [0.15, 0.2) is 5.13 Å². The molecule has 4 nitrogen and oxygen atoms in total. The van der Waals surface area contributed by atoms with Gasteiger partial charge >= 0.3 is 29.6 Å². The standard InChI is InChI=1S/C3H4N2O2S2.Na.H/c6-9(7)5-3-4-1-2-8-3;;/h1-2H,(H,4,5)(H,6,7);;/q;+1;-1/p-1. The predicted molar refractivity (Wildman–Crippen MR) is 35.8 cm³/mol. The summed E-state index contributed by atoms with van der Waals surface area (Å²) < 4.78 is 22.0. The van der Waals surface area contributed by atoms with E-state index in [0.29, 0.717) is 5.13 Å². The van der Waals surface area contributed by atoms with E-state index in [2.05, 4.69) is 9.71 Å². The predicted octanol–water partition coefficient (Wildman–Crippen LogP) is -2.53. The maximum Gasteiger partial charge on any atom is 1.00 e. The van der Waals surface area contributed by atoms with Gasteiger partial charge in [-0.25, -0.2) is 4.98 Å². The Morgan fingerprint density at radius 1 is 1.90 bits per heavy atom. The zero-order valence-corrected chi connectivity index (χ0v) is 8.87. The van der Waals surface area contributed by atoms with Gasteiger partial charge in [-0.1, -0.05) is 0 Å². The summed E-state index contributed by atoms with van der Waals surface area (Å²) in [4.78, 5) is 3.67. The molecule has 0 aromatic carbocycles. The first-order chi connectivity index (χ1) is 4.29. The Bertz CT molecular complexity index is 207. The number of nitrogens with zero attached hydrogens (tertiary/aromatic N) is 1. The number of rotatable bonds is 2. The largest absolute Gasteiger partial charge is 1.00 e. The van der Waals surface area contributed by atoms with Crippen LogP contribution in [-0.2, 0) is 11.3 Å². The molecule has 1 N–H and O–H groups in total. The summed E-state index contributed by atoms with van der Waals surface area (Å²) in [5.74, 6) is 0. The molecule has 1 unspecified atom stereocenters. The first kappa shape index (κ1) is 10.5. The maximum atomic E-state index is 9.92. The molecule has 1 aromatic heterocycles. The first-order valence-electron chi connectivity index (χ1n) is 2.04. The van der Waals surface area contributed by atoms with E-state index >= 15 is 0 Å². The van der Waals surface area contributed by atoms with Crippen LogP contribution >= 0.6 is 11.3 Å². The Morgan fingerprint density at radius 2 is 2.60 bits per heavy atom. The minimum Gasteiger partial charge on any atom is -1.00 e. The van der Waals surface area contributed by atoms with Crippen molar-refractivity contribution in [1.82, 2.24) is 4.98 Å². The van der Waals surface area contributed by atoms with Gasteiger partial charge in [0.05, 0.1) is 0 Å². The van der Waals surface area contributed by atoms with Crippen molar-refractivity contribution >= 4 is 27.7 Å². The van der Waals surface area contributed by atoms with E-state index < -0.39 is 11.3 Å². The number of anilines is 1. The molecule has 0 fully saturated rings. The summed E-state index contributed by atoms with van der Waals surface area (Å²) in [7, 11) is 0. The van der Waals surface area contributed by atoms with E-state index in [1.807, 2.05) is 0 Å². The molecule has 0 spiro atoms. The molecule has 1 heterocycles. The van der Waals surface area contributed by atoms with E-state index in [0.717, 1.165) is 0 Å². The van der Waals surface area contributed by atoms with Gasteiger partial charge in [0.25, 0.3) is 0 Å². The molecule has 10 heavy (non-hydrogen) atoms. The minimum atomic E-state index is -2.25. The molecule has 7 heteroatoms. The number of aromatic nitrogens is 1. The summed E-state index contributed by atoms with van der Waals surface area (Å²) in [5, 5.41) is 2.08. The van der Waals surface area contributed by atoms with Crippen molar-refractivity contribution in [2.45, 2.75) is 0 Å². The van der Waals surface area contributed by atoms with Crippen LogP contribution < -0.4 is 34.3 Å². The quantitative estimate of drug-likeness (QED) is 0.410. The number of nitrogens with one attached hydrogen (secondary N) is 1. The number of hydrogen-bond donors (Lipinski definition) is 1. The van der Waals surface area contributed by atoms with Crippen molar-refractivity contribution in [3.8, 4) is 0 Å². The van der Waals surface area contributed by atoms with Crippen LogP contribution in [0.25, 0.3) is 0 Å². The number of hydrogen-bond acceptors (Lipinski definition) is 4. The van der Waals surface area contributed by atoms with Crippen LogP contribution in [0.15, 0.2) is 11.6 Å². The zero-order valence-electron chi connectivity index (χ0n) is 6.23. The van der Waals surface area contributed by atoms with Crippen molar-refractivity contribution in [3.63, 3.8) is 0 Å². The second kappa shape index (κ2) is 5.22. The number of thiazole rings is 1.